The molecular weight excluding hydrogens is 633 g/mol. The van der Waals surface area contributed by atoms with E-state index in [0.717, 1.165) is 44.6 Å². The molecule has 0 atom stereocenters. The predicted octanol–water partition coefficient (Wildman–Crippen LogP) is 12.3. The minimum Gasteiger partial charge on any atom is -0.309 e. The molecule has 242 valence electrons. The van der Waals surface area contributed by atoms with Crippen molar-refractivity contribution in [3.8, 4) is 34.2 Å². The SMILES string of the molecule is c1ccc(-n2c3ccccc3c3ccc4c(c5ccccc5n4-c4nc(-c5ccc6ccccc6c5)cc(-c5ccc6ccccc6c5)n4)c32)cc1. The molecular formula is C48H30N4. The van der Waals surface area contributed by atoms with E-state index >= 15 is 0 Å². The van der Waals surface area contributed by atoms with Crippen LogP contribution in [0, 0.1) is 0 Å². The smallest absolute Gasteiger partial charge is 0.235 e. The largest absolute Gasteiger partial charge is 0.309 e. The highest BCUT2D eigenvalue weighted by Crippen LogP contribution is 2.42. The third-order valence-corrected chi connectivity index (χ3v) is 10.5. The fourth-order valence-corrected chi connectivity index (χ4v) is 8.10. The molecule has 3 heterocycles. The number of para-hydroxylation sites is 3. The lowest BCUT2D eigenvalue weighted by atomic mass is 10.0. The monoisotopic (exact) mass is 662 g/mol. The Balaban J connectivity index is 1.25. The first-order chi connectivity index (χ1) is 25.8. The van der Waals surface area contributed by atoms with Gasteiger partial charge in [0.1, 0.15) is 0 Å². The summed E-state index contributed by atoms with van der Waals surface area (Å²) in [6.07, 6.45) is 0. The first-order valence-electron chi connectivity index (χ1n) is 17.7. The summed E-state index contributed by atoms with van der Waals surface area (Å²) < 4.78 is 4.67. The Labute approximate surface area is 299 Å². The lowest BCUT2D eigenvalue weighted by molar-refractivity contribution is 0.996. The maximum Gasteiger partial charge on any atom is 0.235 e. The molecule has 8 aromatic carbocycles. The zero-order valence-corrected chi connectivity index (χ0v) is 28.1. The summed E-state index contributed by atoms with van der Waals surface area (Å²) in [6.45, 7) is 0. The van der Waals surface area contributed by atoms with Crippen LogP contribution in [0.25, 0.3) is 99.3 Å². The molecule has 0 aliphatic rings. The van der Waals surface area contributed by atoms with Crippen molar-refractivity contribution < 1.29 is 0 Å². The number of hydrogen-bond donors (Lipinski definition) is 0. The van der Waals surface area contributed by atoms with Crippen LogP contribution >= 0.6 is 0 Å². The summed E-state index contributed by atoms with van der Waals surface area (Å²) in [7, 11) is 0. The quantitative estimate of drug-likeness (QED) is 0.188. The molecule has 0 aliphatic heterocycles. The van der Waals surface area contributed by atoms with Gasteiger partial charge >= 0.3 is 0 Å². The number of rotatable bonds is 4. The van der Waals surface area contributed by atoms with Crippen molar-refractivity contribution in [3.63, 3.8) is 0 Å². The number of benzene rings is 8. The first-order valence-corrected chi connectivity index (χ1v) is 17.7. The molecule has 52 heavy (non-hydrogen) atoms. The number of hydrogen-bond acceptors (Lipinski definition) is 2. The zero-order valence-electron chi connectivity index (χ0n) is 28.1. The Kier molecular flexibility index (Phi) is 6.22. The highest BCUT2D eigenvalue weighted by atomic mass is 15.2. The summed E-state index contributed by atoms with van der Waals surface area (Å²) in [5.41, 5.74) is 9.48. The lowest BCUT2D eigenvalue weighted by Crippen LogP contribution is -2.04. The minimum absolute atomic E-state index is 0.640. The van der Waals surface area contributed by atoms with E-state index < -0.39 is 0 Å². The molecule has 0 saturated heterocycles. The van der Waals surface area contributed by atoms with Gasteiger partial charge in [-0.2, -0.15) is 0 Å². The Hall–Kier alpha value is -7.04. The maximum atomic E-state index is 5.39. The second kappa shape index (κ2) is 11.2. The Morgan fingerprint density at radius 3 is 1.54 bits per heavy atom. The summed E-state index contributed by atoms with van der Waals surface area (Å²) in [4.78, 5) is 10.8. The average Bonchev–Trinajstić information content (AvgIpc) is 3.74. The molecule has 0 N–H and O–H groups in total. The van der Waals surface area contributed by atoms with Crippen molar-refractivity contribution in [2.45, 2.75) is 0 Å². The standard InChI is InChI=1S/C48H30N4/c1-2-16-37(17-3-1)51-43-20-10-8-18-38(43)39-26-27-45-46(47(39)51)40-19-9-11-21-44(40)52(45)48-49-41(35-24-22-31-12-4-6-14-33(31)28-35)30-42(50-48)36-25-23-32-13-5-7-15-34(32)29-36/h1-30H. The van der Waals surface area contributed by atoms with Crippen LogP contribution in [0.4, 0.5) is 0 Å². The summed E-state index contributed by atoms with van der Waals surface area (Å²) in [5.74, 6) is 0.640. The van der Waals surface area contributed by atoms with Crippen LogP contribution < -0.4 is 0 Å². The van der Waals surface area contributed by atoms with E-state index in [4.69, 9.17) is 9.97 Å². The zero-order chi connectivity index (χ0) is 34.2. The van der Waals surface area contributed by atoms with Crippen LogP contribution in [0.2, 0.25) is 0 Å². The number of fused-ring (bicyclic) bond motifs is 9. The van der Waals surface area contributed by atoms with E-state index in [9.17, 15) is 0 Å². The van der Waals surface area contributed by atoms with Crippen LogP contribution in [-0.2, 0) is 0 Å². The van der Waals surface area contributed by atoms with Gasteiger partial charge in [0.25, 0.3) is 0 Å². The van der Waals surface area contributed by atoms with Gasteiger partial charge in [-0.05, 0) is 70.1 Å². The topological polar surface area (TPSA) is 35.6 Å². The molecule has 0 amide bonds. The summed E-state index contributed by atoms with van der Waals surface area (Å²) >= 11 is 0. The molecule has 11 aromatic rings. The van der Waals surface area contributed by atoms with Crippen molar-refractivity contribution >= 4 is 65.2 Å². The van der Waals surface area contributed by atoms with Gasteiger partial charge in [0.15, 0.2) is 0 Å². The first kappa shape index (κ1) is 28.8. The summed E-state index contributed by atoms with van der Waals surface area (Å²) in [5, 5.41) is 9.56. The van der Waals surface area contributed by atoms with Gasteiger partial charge in [-0.25, -0.2) is 9.97 Å². The van der Waals surface area contributed by atoms with Crippen molar-refractivity contribution in [1.82, 2.24) is 19.1 Å². The van der Waals surface area contributed by atoms with E-state index in [-0.39, 0.29) is 0 Å². The van der Waals surface area contributed by atoms with Crippen LogP contribution in [0.15, 0.2) is 182 Å². The van der Waals surface area contributed by atoms with Gasteiger partial charge in [0.2, 0.25) is 5.95 Å². The second-order valence-electron chi connectivity index (χ2n) is 13.5. The van der Waals surface area contributed by atoms with E-state index in [0.29, 0.717) is 5.95 Å². The highest BCUT2D eigenvalue weighted by molar-refractivity contribution is 6.26. The molecule has 0 saturated carbocycles. The molecule has 0 unspecified atom stereocenters. The van der Waals surface area contributed by atoms with E-state index in [1.54, 1.807) is 0 Å². The molecule has 3 aromatic heterocycles. The Bertz CT molecular complexity index is 3090. The third kappa shape index (κ3) is 4.34. The van der Waals surface area contributed by atoms with Crippen LogP contribution in [-0.4, -0.2) is 19.1 Å². The fraction of sp³-hybridized carbons (Fsp3) is 0. The van der Waals surface area contributed by atoms with Gasteiger partial charge < -0.3 is 4.57 Å². The third-order valence-electron chi connectivity index (χ3n) is 10.5. The molecule has 4 heteroatoms. The number of aromatic nitrogens is 4. The Morgan fingerprint density at radius 2 is 0.885 bits per heavy atom. The van der Waals surface area contributed by atoms with Crippen LogP contribution in [0.1, 0.15) is 0 Å². The number of nitrogens with zero attached hydrogens (tertiary/aromatic N) is 4. The van der Waals surface area contributed by atoms with E-state index in [1.165, 1.54) is 48.7 Å². The van der Waals surface area contributed by atoms with Crippen molar-refractivity contribution in [1.29, 1.82) is 0 Å². The van der Waals surface area contributed by atoms with Gasteiger partial charge in [-0.1, -0.05) is 133 Å². The maximum absolute atomic E-state index is 5.39. The van der Waals surface area contributed by atoms with Crippen LogP contribution in [0.3, 0.4) is 0 Å². The molecule has 0 fully saturated rings. The normalized spacial score (nSPS) is 11.8. The lowest BCUT2D eigenvalue weighted by Gasteiger charge is -2.13. The average molecular weight is 663 g/mol. The highest BCUT2D eigenvalue weighted by Gasteiger charge is 2.22. The molecule has 0 radical (unpaired) electrons. The van der Waals surface area contributed by atoms with Gasteiger partial charge in [0.05, 0.1) is 33.5 Å². The second-order valence-corrected chi connectivity index (χ2v) is 13.5. The van der Waals surface area contributed by atoms with E-state index in [2.05, 4.69) is 191 Å². The van der Waals surface area contributed by atoms with E-state index in [1.807, 2.05) is 0 Å². The summed E-state index contributed by atoms with van der Waals surface area (Å²) in [6, 6.07) is 64.9. The van der Waals surface area contributed by atoms with Crippen LogP contribution in [0.5, 0.6) is 0 Å². The van der Waals surface area contributed by atoms with Crippen molar-refractivity contribution in [2.24, 2.45) is 0 Å². The van der Waals surface area contributed by atoms with Gasteiger partial charge in [0, 0.05) is 38.4 Å². The molecule has 0 bridgehead atoms. The molecule has 0 aliphatic carbocycles. The minimum atomic E-state index is 0.640. The van der Waals surface area contributed by atoms with Crippen molar-refractivity contribution in [3.05, 3.63) is 182 Å². The molecule has 11 rings (SSSR count). The molecule has 0 spiro atoms. The fourth-order valence-electron chi connectivity index (χ4n) is 8.10. The van der Waals surface area contributed by atoms with Gasteiger partial charge in [-0.3, -0.25) is 4.57 Å². The predicted molar refractivity (Wildman–Crippen MR) is 217 cm³/mol. The Morgan fingerprint density at radius 1 is 0.346 bits per heavy atom. The molecule has 4 nitrogen and oxygen atoms in total. The van der Waals surface area contributed by atoms with Crippen molar-refractivity contribution in [2.75, 3.05) is 0 Å². The van der Waals surface area contributed by atoms with Gasteiger partial charge in [-0.15, -0.1) is 0 Å².